The van der Waals surface area contributed by atoms with E-state index >= 15 is 0 Å². The number of benzene rings is 4. The molecule has 0 aliphatic rings. The lowest BCUT2D eigenvalue weighted by Gasteiger charge is -2.10. The first-order chi connectivity index (χ1) is 20.9. The Morgan fingerprint density at radius 2 is 1.74 bits per heavy atom. The van der Waals surface area contributed by atoms with E-state index in [-0.39, 0.29) is 11.6 Å². The summed E-state index contributed by atoms with van der Waals surface area (Å²) in [5, 5.41) is 5.11. The Kier molecular flexibility index (Phi) is 8.32. The Labute approximate surface area is 265 Å². The van der Waals surface area contributed by atoms with Crippen LogP contribution < -0.4 is 10.9 Å². The molecule has 6 rings (SSSR count). The highest BCUT2D eigenvalue weighted by Gasteiger charge is 2.16. The fraction of sp³-hybridized carbons (Fsp3) is 0.0303. The highest BCUT2D eigenvalue weighted by Crippen LogP contribution is 2.36. The molecule has 6 nitrogen and oxygen atoms in total. The summed E-state index contributed by atoms with van der Waals surface area (Å²) in [7, 11) is 0. The van der Waals surface area contributed by atoms with Gasteiger partial charge in [0.1, 0.15) is 0 Å². The predicted octanol–water partition coefficient (Wildman–Crippen LogP) is 9.72. The topological polar surface area (TPSA) is 79.2 Å². The summed E-state index contributed by atoms with van der Waals surface area (Å²) in [5.74, 6) is 0.157. The minimum absolute atomic E-state index is 0.0511. The zero-order valence-corrected chi connectivity index (χ0v) is 25.4. The quantitative estimate of drug-likeness (QED) is 0.104. The molecule has 0 radical (unpaired) electrons. The van der Waals surface area contributed by atoms with E-state index in [1.807, 2.05) is 54.6 Å². The van der Waals surface area contributed by atoms with Gasteiger partial charge in [0, 0.05) is 26.6 Å². The van der Waals surface area contributed by atoms with Crippen molar-refractivity contribution in [2.24, 2.45) is 0 Å². The molecule has 43 heavy (non-hydrogen) atoms. The van der Waals surface area contributed by atoms with Crippen LogP contribution in [0.1, 0.15) is 15.9 Å². The fourth-order valence-corrected chi connectivity index (χ4v) is 6.66. The Hall–Kier alpha value is -4.39. The second-order valence-corrected chi connectivity index (χ2v) is 12.3. The highest BCUT2D eigenvalue weighted by atomic mass is 35.5. The van der Waals surface area contributed by atoms with E-state index in [2.05, 4.69) is 33.3 Å². The van der Waals surface area contributed by atoms with Crippen molar-refractivity contribution in [1.29, 1.82) is 0 Å². The van der Waals surface area contributed by atoms with Crippen molar-refractivity contribution in [1.82, 2.24) is 9.97 Å². The maximum absolute atomic E-state index is 12.9. The zero-order valence-electron chi connectivity index (χ0n) is 22.2. The number of anilines is 1. The van der Waals surface area contributed by atoms with Gasteiger partial charge < -0.3 is 10.3 Å². The molecule has 0 fully saturated rings. The number of hydrogen-bond donors (Lipinski definition) is 2. The van der Waals surface area contributed by atoms with E-state index < -0.39 is 5.56 Å². The number of amides is 1. The maximum Gasteiger partial charge on any atom is 0.276 e. The number of nitrogens with one attached hydrogen (secondary N) is 2. The van der Waals surface area contributed by atoms with Crippen molar-refractivity contribution in [3.8, 4) is 21.7 Å². The van der Waals surface area contributed by atoms with Gasteiger partial charge in [0.2, 0.25) is 0 Å². The minimum atomic E-state index is -0.489. The van der Waals surface area contributed by atoms with Gasteiger partial charge in [-0.05, 0) is 70.6 Å². The molecule has 2 heterocycles. The number of thiophene rings is 1. The summed E-state index contributed by atoms with van der Waals surface area (Å²) < 4.78 is 1.19. The molecule has 0 aliphatic heterocycles. The van der Waals surface area contributed by atoms with Gasteiger partial charge in [0.25, 0.3) is 17.2 Å². The van der Waals surface area contributed by atoms with Crippen LogP contribution in [0.3, 0.4) is 0 Å². The van der Waals surface area contributed by atoms with Gasteiger partial charge in [-0.2, -0.15) is 0 Å². The van der Waals surface area contributed by atoms with Crippen LogP contribution in [0.25, 0.3) is 36.6 Å². The number of aromatic amines is 1. The molecule has 0 saturated carbocycles. The van der Waals surface area contributed by atoms with Gasteiger partial charge in [-0.25, -0.2) is 9.83 Å². The van der Waals surface area contributed by atoms with E-state index in [0.29, 0.717) is 43.5 Å². The van der Waals surface area contributed by atoms with Crippen LogP contribution in [0.2, 0.25) is 10.0 Å². The molecule has 0 spiro atoms. The molecular formula is C33H20Cl2N4O2S2. The molecule has 10 heteroatoms. The van der Waals surface area contributed by atoms with Gasteiger partial charge in [0.15, 0.2) is 5.16 Å². The molecule has 6 aromatic rings. The first kappa shape index (κ1) is 28.7. The SMILES string of the molecule is [C-]#[N+]c1c(-c2cccc(-c3cc4ccccc4s3)c2)nc(SCc2cccc(NC(=O)c3ccc(Cl)c(Cl)c3)c2)[nH]c1=O. The number of carbonyl (C=O) groups excluding carboxylic acids is 1. The van der Waals surface area contributed by atoms with Crippen molar-refractivity contribution < 1.29 is 4.79 Å². The van der Waals surface area contributed by atoms with E-state index in [0.717, 1.165) is 16.0 Å². The molecule has 0 atom stereocenters. The Bertz CT molecular complexity index is 2080. The first-order valence-electron chi connectivity index (χ1n) is 13.0. The van der Waals surface area contributed by atoms with Crippen LogP contribution in [0.4, 0.5) is 11.4 Å². The monoisotopic (exact) mass is 638 g/mol. The number of H-pyrrole nitrogens is 1. The second kappa shape index (κ2) is 12.5. The van der Waals surface area contributed by atoms with Gasteiger partial charge in [0.05, 0.1) is 22.3 Å². The van der Waals surface area contributed by atoms with E-state index in [4.69, 9.17) is 34.8 Å². The van der Waals surface area contributed by atoms with E-state index in [1.165, 1.54) is 27.9 Å². The maximum atomic E-state index is 12.9. The molecule has 1 amide bonds. The van der Waals surface area contributed by atoms with Gasteiger partial charge in [-0.15, -0.1) is 11.3 Å². The molecule has 0 unspecified atom stereocenters. The summed E-state index contributed by atoms with van der Waals surface area (Å²) in [6.07, 6.45) is 0. The lowest BCUT2D eigenvalue weighted by atomic mass is 10.1. The number of fused-ring (bicyclic) bond motifs is 1. The predicted molar refractivity (Wildman–Crippen MR) is 178 cm³/mol. The molecule has 0 saturated heterocycles. The summed E-state index contributed by atoms with van der Waals surface area (Å²) in [6.45, 7) is 7.65. The van der Waals surface area contributed by atoms with Crippen LogP contribution in [0.15, 0.2) is 107 Å². The Balaban J connectivity index is 1.23. The standard InChI is InChI=1S/C33H20Cl2N4O2S2/c1-36-30-29(22-9-5-8-20(15-22)28-17-21-7-2-3-11-27(21)43-28)38-33(39-32(30)41)42-18-19-6-4-10-24(14-19)37-31(40)23-12-13-25(34)26(35)16-23/h2-17H,18H2,(H,37,40)(H,38,39,41). The van der Waals surface area contributed by atoms with Crippen LogP contribution in [0.5, 0.6) is 0 Å². The Morgan fingerprint density at radius 3 is 2.56 bits per heavy atom. The van der Waals surface area contributed by atoms with Gasteiger partial charge in [-0.3, -0.25) is 9.59 Å². The van der Waals surface area contributed by atoms with Crippen molar-refractivity contribution in [2.45, 2.75) is 10.9 Å². The average Bonchev–Trinajstić information content (AvgIpc) is 3.46. The summed E-state index contributed by atoms with van der Waals surface area (Å²) >= 11 is 15.0. The van der Waals surface area contributed by atoms with Crippen LogP contribution in [-0.4, -0.2) is 15.9 Å². The largest absolute Gasteiger partial charge is 0.322 e. The lowest BCUT2D eigenvalue weighted by Crippen LogP contribution is -2.12. The van der Waals surface area contributed by atoms with Crippen LogP contribution >= 0.6 is 46.3 Å². The number of aromatic nitrogens is 2. The fourth-order valence-electron chi connectivity index (χ4n) is 4.49. The number of nitrogens with zero attached hydrogens (tertiary/aromatic N) is 2. The lowest BCUT2D eigenvalue weighted by molar-refractivity contribution is 0.102. The second-order valence-electron chi connectivity index (χ2n) is 9.48. The van der Waals surface area contributed by atoms with Gasteiger partial charge >= 0.3 is 0 Å². The van der Waals surface area contributed by atoms with Crippen LogP contribution in [-0.2, 0) is 5.75 Å². The molecular weight excluding hydrogens is 619 g/mol. The van der Waals surface area contributed by atoms with Crippen molar-refractivity contribution in [3.05, 3.63) is 140 Å². The number of thioether (sulfide) groups is 1. The average molecular weight is 640 g/mol. The third kappa shape index (κ3) is 6.36. The van der Waals surface area contributed by atoms with E-state index in [1.54, 1.807) is 29.5 Å². The van der Waals surface area contributed by atoms with Crippen molar-refractivity contribution in [3.63, 3.8) is 0 Å². The molecule has 2 N–H and O–H groups in total. The number of hydrogen-bond acceptors (Lipinski definition) is 5. The minimum Gasteiger partial charge on any atom is -0.322 e. The first-order valence-corrected chi connectivity index (χ1v) is 15.5. The smallest absolute Gasteiger partial charge is 0.276 e. The third-order valence-electron chi connectivity index (χ3n) is 6.57. The summed E-state index contributed by atoms with van der Waals surface area (Å²) in [6, 6.07) is 30.2. The summed E-state index contributed by atoms with van der Waals surface area (Å²) in [5.41, 5.74) is 3.39. The molecule has 4 aromatic carbocycles. The molecule has 2 aromatic heterocycles. The van der Waals surface area contributed by atoms with Crippen LogP contribution in [0, 0.1) is 6.57 Å². The number of rotatable bonds is 7. The normalized spacial score (nSPS) is 10.9. The zero-order chi connectivity index (χ0) is 29.9. The third-order valence-corrected chi connectivity index (χ3v) is 9.42. The highest BCUT2D eigenvalue weighted by molar-refractivity contribution is 7.98. The van der Waals surface area contributed by atoms with Crippen molar-refractivity contribution >= 4 is 73.7 Å². The van der Waals surface area contributed by atoms with E-state index in [9.17, 15) is 9.59 Å². The number of halogens is 2. The molecule has 0 aliphatic carbocycles. The number of carbonyl (C=O) groups is 1. The van der Waals surface area contributed by atoms with Crippen molar-refractivity contribution in [2.75, 3.05) is 5.32 Å². The molecule has 210 valence electrons. The molecule has 0 bridgehead atoms. The Morgan fingerprint density at radius 1 is 0.930 bits per heavy atom. The summed E-state index contributed by atoms with van der Waals surface area (Å²) in [4.78, 5) is 37.7. The van der Waals surface area contributed by atoms with Gasteiger partial charge in [-0.1, -0.05) is 83.5 Å².